The minimum absolute atomic E-state index is 0.664. The van der Waals surface area contributed by atoms with E-state index in [1.54, 1.807) is 0 Å². The molecule has 1 atom stereocenters. The van der Waals surface area contributed by atoms with Gasteiger partial charge in [-0.3, -0.25) is 0 Å². The summed E-state index contributed by atoms with van der Waals surface area (Å²) in [7, 11) is 0. The van der Waals surface area contributed by atoms with Crippen LogP contribution in [0.2, 0.25) is 6.04 Å². The Hall–Kier alpha value is 1.57. The number of alkyl halides is 1. The fraction of sp³-hybridized carbons (Fsp3) is 1.00. The molecule has 80 valence electrons. The van der Waals surface area contributed by atoms with Crippen molar-refractivity contribution in [1.29, 1.82) is 0 Å². The summed E-state index contributed by atoms with van der Waals surface area (Å²) in [6, 6.07) is -1.54. The molecule has 0 bridgehead atoms. The quantitative estimate of drug-likeness (QED) is 0.255. The van der Waals surface area contributed by atoms with E-state index in [2.05, 4.69) is 22.9 Å². The molecule has 0 aromatic heterocycles. The summed E-state index contributed by atoms with van der Waals surface area (Å²) in [5.41, 5.74) is 0. The topological polar surface area (TPSA) is 0 Å². The van der Waals surface area contributed by atoms with Crippen LogP contribution >= 0.6 is 49.2 Å². The second kappa shape index (κ2) is 7.81. The lowest BCUT2D eigenvalue weighted by Gasteiger charge is -2.08. The molecule has 0 rings (SSSR count). The Bertz CT molecular complexity index is 127. The molecule has 0 N–H and O–H groups in total. The molecule has 0 nitrogen and oxygen atoms in total. The van der Waals surface area contributed by atoms with Crippen LogP contribution < -0.4 is 0 Å². The van der Waals surface area contributed by atoms with Gasteiger partial charge in [0.1, 0.15) is 0 Å². The predicted molar refractivity (Wildman–Crippen MR) is 69.6 cm³/mol. The third-order valence-corrected chi connectivity index (χ3v) is 5.65. The maximum absolute atomic E-state index is 5.76. The van der Waals surface area contributed by atoms with Crippen LogP contribution in [-0.4, -0.2) is 10.8 Å². The van der Waals surface area contributed by atoms with Gasteiger partial charge in [-0.2, -0.15) is 0 Å². The lowest BCUT2D eigenvalue weighted by Crippen LogP contribution is -2.07. The zero-order valence-corrected chi connectivity index (χ0v) is 12.7. The van der Waals surface area contributed by atoms with Crippen LogP contribution in [0.25, 0.3) is 0 Å². The smallest absolute Gasteiger partial charge is 0.126 e. The van der Waals surface area contributed by atoms with Crippen LogP contribution in [0.1, 0.15) is 39.0 Å². The molecule has 1 unspecified atom stereocenters. The van der Waals surface area contributed by atoms with Crippen molar-refractivity contribution in [3.63, 3.8) is 0 Å². The number of halogens is 4. The molecule has 0 fully saturated rings. The average Bonchev–Trinajstić information content (AvgIpc) is 2.01. The van der Waals surface area contributed by atoms with Gasteiger partial charge >= 0.3 is 6.00 Å². The first-order valence-corrected chi connectivity index (χ1v) is 10.8. The Morgan fingerprint density at radius 3 is 2.23 bits per heavy atom. The molecule has 13 heavy (non-hydrogen) atoms. The number of hydrogen-bond donors (Lipinski definition) is 0. The monoisotopic (exact) mass is 324 g/mol. The summed E-state index contributed by atoms with van der Waals surface area (Å²) in [5.74, 6) is 0. The molecule has 0 heterocycles. The number of rotatable bonds is 7. The summed E-state index contributed by atoms with van der Waals surface area (Å²) in [6.45, 7) is 2.19. The fourth-order valence-electron chi connectivity index (χ4n) is 1.07. The average molecular weight is 327 g/mol. The van der Waals surface area contributed by atoms with Crippen molar-refractivity contribution >= 4 is 55.2 Å². The summed E-state index contributed by atoms with van der Waals surface area (Å²) in [4.78, 5) is 0.664. The normalized spacial score (nSPS) is 14.5. The molecule has 0 saturated carbocycles. The first kappa shape index (κ1) is 14.6. The van der Waals surface area contributed by atoms with Gasteiger partial charge in [0, 0.05) is 4.83 Å². The van der Waals surface area contributed by atoms with Crippen LogP contribution in [0.3, 0.4) is 0 Å². The molecule has 0 aliphatic rings. The molecule has 0 spiro atoms. The Morgan fingerprint density at radius 1 is 1.15 bits per heavy atom. The van der Waals surface area contributed by atoms with Crippen molar-refractivity contribution in [1.82, 2.24) is 0 Å². The SMILES string of the molecule is CCC(Br)CCCCC[Si](Cl)(Cl)Cl. The zero-order chi connectivity index (χ0) is 10.3. The van der Waals surface area contributed by atoms with Gasteiger partial charge in [0.25, 0.3) is 0 Å². The molecule has 0 aromatic rings. The Labute approximate surface area is 105 Å². The van der Waals surface area contributed by atoms with Gasteiger partial charge < -0.3 is 0 Å². The Morgan fingerprint density at radius 2 is 1.77 bits per heavy atom. The number of unbranched alkanes of at least 4 members (excludes halogenated alkanes) is 2. The lowest BCUT2D eigenvalue weighted by atomic mass is 10.1. The van der Waals surface area contributed by atoms with Crippen LogP contribution in [0.5, 0.6) is 0 Å². The van der Waals surface area contributed by atoms with Crippen LogP contribution in [0.4, 0.5) is 0 Å². The summed E-state index contributed by atoms with van der Waals surface area (Å²) < 4.78 is 0. The van der Waals surface area contributed by atoms with Crippen molar-refractivity contribution in [2.45, 2.75) is 49.9 Å². The van der Waals surface area contributed by atoms with Crippen molar-refractivity contribution < 1.29 is 0 Å². The Balaban J connectivity index is 3.18. The summed E-state index contributed by atoms with van der Waals surface area (Å²) in [6.07, 6.45) is 5.91. The molecular weight excluding hydrogens is 310 g/mol. The van der Waals surface area contributed by atoms with E-state index in [0.29, 0.717) is 4.83 Å². The zero-order valence-electron chi connectivity index (χ0n) is 7.83. The first-order chi connectivity index (χ1) is 5.95. The third kappa shape index (κ3) is 11.5. The minimum Gasteiger partial charge on any atom is -0.126 e. The van der Waals surface area contributed by atoms with E-state index in [9.17, 15) is 0 Å². The molecular formula is C8H16BrCl3Si. The van der Waals surface area contributed by atoms with Crippen molar-refractivity contribution in [3.05, 3.63) is 0 Å². The van der Waals surface area contributed by atoms with E-state index in [1.807, 2.05) is 0 Å². The van der Waals surface area contributed by atoms with E-state index in [-0.39, 0.29) is 0 Å². The van der Waals surface area contributed by atoms with E-state index < -0.39 is 6.00 Å². The van der Waals surface area contributed by atoms with Gasteiger partial charge in [0.05, 0.1) is 0 Å². The summed E-state index contributed by atoms with van der Waals surface area (Å²) in [5, 5.41) is 0. The molecule has 5 heteroatoms. The molecule has 0 radical (unpaired) electrons. The van der Waals surface area contributed by atoms with Gasteiger partial charge in [0.2, 0.25) is 0 Å². The Kier molecular flexibility index (Phi) is 8.75. The molecule has 0 aromatic carbocycles. The highest BCUT2D eigenvalue weighted by Gasteiger charge is 2.23. The highest BCUT2D eigenvalue weighted by molar-refractivity contribution is 9.09. The van der Waals surface area contributed by atoms with Crippen molar-refractivity contribution in [2.75, 3.05) is 0 Å². The second-order valence-electron chi connectivity index (χ2n) is 3.22. The van der Waals surface area contributed by atoms with Gasteiger partial charge in [0.15, 0.2) is 0 Å². The molecule has 0 aliphatic carbocycles. The second-order valence-corrected chi connectivity index (χ2v) is 13.8. The van der Waals surface area contributed by atoms with E-state index in [0.717, 1.165) is 12.5 Å². The third-order valence-electron chi connectivity index (χ3n) is 1.92. The number of hydrogen-bond acceptors (Lipinski definition) is 0. The molecule has 0 saturated heterocycles. The molecule has 0 aliphatic heterocycles. The van der Waals surface area contributed by atoms with Gasteiger partial charge in [-0.05, 0) is 18.9 Å². The standard InChI is InChI=1S/C8H16BrCl3Si/c1-2-8(9)6-4-3-5-7-13(10,11)12/h8H,2-7H2,1H3. The van der Waals surface area contributed by atoms with E-state index >= 15 is 0 Å². The van der Waals surface area contributed by atoms with E-state index in [1.165, 1.54) is 25.7 Å². The highest BCUT2D eigenvalue weighted by Crippen LogP contribution is 2.27. The minimum atomic E-state index is -2.34. The fourth-order valence-corrected chi connectivity index (χ4v) is 3.25. The largest absolute Gasteiger partial charge is 0.341 e. The molecule has 0 amide bonds. The lowest BCUT2D eigenvalue weighted by molar-refractivity contribution is 0.640. The van der Waals surface area contributed by atoms with Crippen LogP contribution in [-0.2, 0) is 0 Å². The van der Waals surface area contributed by atoms with Crippen molar-refractivity contribution in [3.8, 4) is 0 Å². The predicted octanol–water partition coefficient (Wildman–Crippen LogP) is 5.38. The maximum atomic E-state index is 5.76. The van der Waals surface area contributed by atoms with Crippen molar-refractivity contribution in [2.24, 2.45) is 0 Å². The van der Waals surface area contributed by atoms with Gasteiger partial charge in [-0.1, -0.05) is 42.1 Å². The van der Waals surface area contributed by atoms with Crippen LogP contribution in [0.15, 0.2) is 0 Å². The van der Waals surface area contributed by atoms with Gasteiger partial charge in [-0.25, -0.2) is 0 Å². The van der Waals surface area contributed by atoms with E-state index in [4.69, 9.17) is 33.2 Å². The summed E-state index contributed by atoms with van der Waals surface area (Å²) >= 11 is 20.9. The van der Waals surface area contributed by atoms with Gasteiger partial charge in [-0.15, -0.1) is 33.2 Å². The highest BCUT2D eigenvalue weighted by atomic mass is 79.9. The maximum Gasteiger partial charge on any atom is 0.341 e. The first-order valence-electron chi connectivity index (χ1n) is 4.66. The van der Waals surface area contributed by atoms with Crippen LogP contribution in [0, 0.1) is 0 Å².